The number of hydrogen-bond acceptors (Lipinski definition) is 4. The smallest absolute Gasteiger partial charge is 0.159 e. The van der Waals surface area contributed by atoms with Crippen molar-refractivity contribution in [2.45, 2.75) is 13.5 Å². The number of carbonyl (C=O) groups is 1. The van der Waals surface area contributed by atoms with E-state index in [-0.39, 0.29) is 11.6 Å². The van der Waals surface area contributed by atoms with Gasteiger partial charge in [0.25, 0.3) is 0 Å². The average Bonchev–Trinajstić information content (AvgIpc) is 2.80. The summed E-state index contributed by atoms with van der Waals surface area (Å²) in [6, 6.07) is 22.9. The number of piperazine rings is 1. The lowest BCUT2D eigenvalue weighted by Gasteiger charge is -2.36. The second-order valence-corrected chi connectivity index (χ2v) is 7.84. The Bertz CT molecular complexity index is 1130. The van der Waals surface area contributed by atoms with Gasteiger partial charge in [-0.25, -0.2) is 4.39 Å². The quantitative estimate of drug-likeness (QED) is 0.559. The number of hydrogen-bond donors (Lipinski definition) is 0. The van der Waals surface area contributed by atoms with Gasteiger partial charge in [0.05, 0.1) is 17.3 Å². The normalized spacial score (nSPS) is 14.3. The van der Waals surface area contributed by atoms with Crippen LogP contribution in [0.25, 0.3) is 11.1 Å². The molecule has 0 unspecified atom stereocenters. The van der Waals surface area contributed by atoms with E-state index in [1.165, 1.54) is 18.6 Å². The molecule has 0 radical (unpaired) electrons. The number of nitrogens with zero attached hydrogens (tertiary/aromatic N) is 3. The Labute approximate surface area is 182 Å². The summed E-state index contributed by atoms with van der Waals surface area (Å²) in [5.41, 5.74) is 4.84. The van der Waals surface area contributed by atoms with E-state index in [9.17, 15) is 14.4 Å². The van der Waals surface area contributed by atoms with E-state index in [4.69, 9.17) is 0 Å². The molecule has 0 N–H and O–H groups in total. The molecule has 31 heavy (non-hydrogen) atoms. The highest BCUT2D eigenvalue weighted by Gasteiger charge is 2.20. The van der Waals surface area contributed by atoms with Gasteiger partial charge in [0.1, 0.15) is 5.82 Å². The predicted molar refractivity (Wildman–Crippen MR) is 120 cm³/mol. The maximum Gasteiger partial charge on any atom is 0.159 e. The highest BCUT2D eigenvalue weighted by Crippen LogP contribution is 2.25. The summed E-state index contributed by atoms with van der Waals surface area (Å²) in [5, 5.41) is 9.31. The Kier molecular flexibility index (Phi) is 6.11. The highest BCUT2D eigenvalue weighted by atomic mass is 19.1. The molecule has 4 rings (SSSR count). The van der Waals surface area contributed by atoms with Gasteiger partial charge in [-0.2, -0.15) is 5.26 Å². The molecule has 3 aromatic carbocycles. The molecule has 0 atom stereocenters. The van der Waals surface area contributed by atoms with E-state index in [0.29, 0.717) is 16.8 Å². The average molecular weight is 413 g/mol. The molecule has 0 bridgehead atoms. The van der Waals surface area contributed by atoms with Crippen molar-refractivity contribution >= 4 is 11.5 Å². The fourth-order valence-corrected chi connectivity index (χ4v) is 4.01. The number of benzene rings is 3. The van der Waals surface area contributed by atoms with Gasteiger partial charge >= 0.3 is 0 Å². The maximum absolute atomic E-state index is 14.4. The summed E-state index contributed by atoms with van der Waals surface area (Å²) in [6.45, 7) is 5.44. The Morgan fingerprint density at radius 3 is 2.35 bits per heavy atom. The molecule has 1 saturated heterocycles. The van der Waals surface area contributed by atoms with Crippen molar-refractivity contribution in [3.8, 4) is 17.2 Å². The first-order chi connectivity index (χ1) is 15.0. The van der Waals surface area contributed by atoms with Crippen molar-refractivity contribution in [3.05, 3.63) is 89.2 Å². The molecule has 0 spiro atoms. The lowest BCUT2D eigenvalue weighted by Crippen LogP contribution is -2.46. The lowest BCUT2D eigenvalue weighted by molar-refractivity contribution is 0.101. The summed E-state index contributed by atoms with van der Waals surface area (Å²) >= 11 is 0. The first-order valence-corrected chi connectivity index (χ1v) is 10.4. The van der Waals surface area contributed by atoms with Crippen LogP contribution in [0, 0.1) is 17.1 Å². The third-order valence-electron chi connectivity index (χ3n) is 5.79. The van der Waals surface area contributed by atoms with Crippen molar-refractivity contribution in [1.29, 1.82) is 5.26 Å². The summed E-state index contributed by atoms with van der Waals surface area (Å²) in [5.74, 6) is -0.466. The molecular formula is C26H24FN3O. The van der Waals surface area contributed by atoms with E-state index in [1.807, 2.05) is 29.2 Å². The van der Waals surface area contributed by atoms with Crippen LogP contribution in [0.5, 0.6) is 0 Å². The standard InChI is InChI=1S/C26H24FN3O/c1-19(31)22-10-11-26(25(27)16-22)30-14-12-29(13-15-30)18-20-6-8-21(9-7-20)24-5-3-2-4-23(24)17-28/h2-11,16H,12-15,18H2,1H3. The van der Waals surface area contributed by atoms with Gasteiger partial charge in [-0.1, -0.05) is 42.5 Å². The third kappa shape index (κ3) is 4.65. The van der Waals surface area contributed by atoms with Gasteiger partial charge in [0, 0.05) is 38.3 Å². The summed E-state index contributed by atoms with van der Waals surface area (Å²) in [6.07, 6.45) is 0. The van der Waals surface area contributed by atoms with E-state index < -0.39 is 0 Å². The van der Waals surface area contributed by atoms with Crippen LogP contribution in [0.2, 0.25) is 0 Å². The molecular weight excluding hydrogens is 389 g/mol. The van der Waals surface area contributed by atoms with Crippen LogP contribution in [0.1, 0.15) is 28.4 Å². The van der Waals surface area contributed by atoms with E-state index in [1.54, 1.807) is 12.1 Å². The monoisotopic (exact) mass is 413 g/mol. The molecule has 5 heteroatoms. The Hall–Kier alpha value is -3.49. The Morgan fingerprint density at radius 2 is 1.71 bits per heavy atom. The number of rotatable bonds is 5. The third-order valence-corrected chi connectivity index (χ3v) is 5.79. The first kappa shape index (κ1) is 20.8. The van der Waals surface area contributed by atoms with Crippen molar-refractivity contribution in [2.24, 2.45) is 0 Å². The van der Waals surface area contributed by atoms with E-state index >= 15 is 0 Å². The molecule has 0 saturated carbocycles. The van der Waals surface area contributed by atoms with E-state index in [2.05, 4.69) is 35.2 Å². The van der Waals surface area contributed by atoms with Gasteiger partial charge in [0.2, 0.25) is 0 Å². The molecule has 0 amide bonds. The minimum absolute atomic E-state index is 0.127. The van der Waals surface area contributed by atoms with Crippen LogP contribution >= 0.6 is 0 Å². The summed E-state index contributed by atoms with van der Waals surface area (Å²) < 4.78 is 14.4. The largest absolute Gasteiger partial charge is 0.367 e. The zero-order valence-corrected chi connectivity index (χ0v) is 17.5. The maximum atomic E-state index is 14.4. The minimum Gasteiger partial charge on any atom is -0.367 e. The van der Waals surface area contributed by atoms with Crippen LogP contribution in [0.15, 0.2) is 66.7 Å². The number of carbonyl (C=O) groups excluding carboxylic acids is 1. The second kappa shape index (κ2) is 9.11. The van der Waals surface area contributed by atoms with Crippen LogP contribution in [-0.4, -0.2) is 36.9 Å². The molecule has 1 heterocycles. The van der Waals surface area contributed by atoms with Gasteiger partial charge in [-0.15, -0.1) is 0 Å². The Morgan fingerprint density at radius 1 is 1.00 bits per heavy atom. The SMILES string of the molecule is CC(=O)c1ccc(N2CCN(Cc3ccc(-c4ccccc4C#N)cc3)CC2)c(F)c1. The van der Waals surface area contributed by atoms with Crippen LogP contribution in [-0.2, 0) is 6.54 Å². The number of anilines is 1. The number of halogens is 1. The van der Waals surface area contributed by atoms with Crippen LogP contribution in [0.4, 0.5) is 10.1 Å². The van der Waals surface area contributed by atoms with Crippen molar-refractivity contribution in [1.82, 2.24) is 4.90 Å². The molecule has 1 aliphatic rings. The predicted octanol–water partition coefficient (Wildman–Crippen LogP) is 4.89. The summed E-state index contributed by atoms with van der Waals surface area (Å²) in [7, 11) is 0. The van der Waals surface area contributed by atoms with Crippen molar-refractivity contribution in [3.63, 3.8) is 0 Å². The molecule has 156 valence electrons. The molecule has 1 fully saturated rings. The van der Waals surface area contributed by atoms with Gasteiger partial charge < -0.3 is 4.90 Å². The fourth-order valence-electron chi connectivity index (χ4n) is 4.01. The Balaban J connectivity index is 1.37. The first-order valence-electron chi connectivity index (χ1n) is 10.4. The lowest BCUT2D eigenvalue weighted by atomic mass is 9.99. The molecule has 3 aromatic rings. The fraction of sp³-hybridized carbons (Fsp3) is 0.231. The number of Topliss-reactive ketones (excluding diaryl/α,β-unsaturated/α-hetero) is 1. The second-order valence-electron chi connectivity index (χ2n) is 7.84. The zero-order chi connectivity index (χ0) is 21.8. The minimum atomic E-state index is -0.339. The van der Waals surface area contributed by atoms with E-state index in [0.717, 1.165) is 43.9 Å². The van der Waals surface area contributed by atoms with Crippen molar-refractivity contribution in [2.75, 3.05) is 31.1 Å². The summed E-state index contributed by atoms with van der Waals surface area (Å²) in [4.78, 5) is 15.8. The number of nitriles is 1. The zero-order valence-electron chi connectivity index (χ0n) is 17.5. The molecule has 1 aliphatic heterocycles. The molecule has 0 aliphatic carbocycles. The van der Waals surface area contributed by atoms with Crippen LogP contribution < -0.4 is 4.90 Å². The van der Waals surface area contributed by atoms with Crippen molar-refractivity contribution < 1.29 is 9.18 Å². The van der Waals surface area contributed by atoms with Gasteiger partial charge in [-0.05, 0) is 47.9 Å². The van der Waals surface area contributed by atoms with Gasteiger partial charge in [0.15, 0.2) is 5.78 Å². The number of ketones is 1. The van der Waals surface area contributed by atoms with Crippen LogP contribution in [0.3, 0.4) is 0 Å². The topological polar surface area (TPSA) is 47.3 Å². The van der Waals surface area contributed by atoms with Gasteiger partial charge in [-0.3, -0.25) is 9.69 Å². The molecule has 0 aromatic heterocycles. The molecule has 4 nitrogen and oxygen atoms in total. The highest BCUT2D eigenvalue weighted by molar-refractivity contribution is 5.94.